The fourth-order valence-electron chi connectivity index (χ4n) is 6.40. The SMILES string of the molecule is COC[C@H]1CC[C@@H](CO[C@H]2CC[C@H](C(=O)OC)CC2)N1C(=O)Cc1cc(Cl)c(NC(=O)c2nn(C)c3ccccc23)cc1F. The highest BCUT2D eigenvalue weighted by molar-refractivity contribution is 6.34. The van der Waals surface area contributed by atoms with Crippen molar-refractivity contribution in [2.75, 3.05) is 32.8 Å². The number of fused-ring (bicyclic) bond motifs is 1. The second kappa shape index (κ2) is 14.0. The lowest BCUT2D eigenvalue weighted by molar-refractivity contribution is -0.148. The number of carbonyl (C=O) groups is 3. The molecule has 2 aliphatic rings. The number of benzene rings is 2. The van der Waals surface area contributed by atoms with Gasteiger partial charge in [0.15, 0.2) is 5.69 Å². The van der Waals surface area contributed by atoms with Crippen LogP contribution in [0.2, 0.25) is 5.02 Å². The lowest BCUT2D eigenvalue weighted by Crippen LogP contribution is -2.46. The molecule has 236 valence electrons. The van der Waals surface area contributed by atoms with Crippen molar-refractivity contribution < 1.29 is 33.0 Å². The summed E-state index contributed by atoms with van der Waals surface area (Å²) < 4.78 is 33.4. The van der Waals surface area contributed by atoms with E-state index in [1.807, 2.05) is 18.2 Å². The number of anilines is 1. The van der Waals surface area contributed by atoms with Gasteiger partial charge in [-0.25, -0.2) is 4.39 Å². The molecule has 0 radical (unpaired) electrons. The highest BCUT2D eigenvalue weighted by Crippen LogP contribution is 2.32. The first-order chi connectivity index (χ1) is 21.2. The minimum Gasteiger partial charge on any atom is -0.469 e. The molecule has 1 saturated heterocycles. The molecule has 3 aromatic rings. The van der Waals surface area contributed by atoms with E-state index in [-0.39, 0.29) is 64.4 Å². The van der Waals surface area contributed by atoms with Gasteiger partial charge >= 0.3 is 5.97 Å². The number of aromatic nitrogens is 2. The molecule has 1 aliphatic heterocycles. The van der Waals surface area contributed by atoms with Gasteiger partial charge in [-0.2, -0.15) is 5.10 Å². The molecular formula is C32H38ClFN4O6. The molecule has 2 aromatic carbocycles. The van der Waals surface area contributed by atoms with E-state index in [1.165, 1.54) is 13.2 Å². The largest absolute Gasteiger partial charge is 0.469 e. The number of methoxy groups -OCH3 is 2. The van der Waals surface area contributed by atoms with Crippen LogP contribution in [0.1, 0.15) is 54.6 Å². The number of halogens is 2. The highest BCUT2D eigenvalue weighted by atomic mass is 35.5. The Morgan fingerprint density at radius 1 is 1.02 bits per heavy atom. The number of carbonyl (C=O) groups excluding carboxylic acids is 3. The Balaban J connectivity index is 1.24. The van der Waals surface area contributed by atoms with Gasteiger partial charge in [0.05, 0.1) is 67.1 Å². The molecule has 2 atom stereocenters. The van der Waals surface area contributed by atoms with Gasteiger partial charge in [-0.15, -0.1) is 0 Å². The Hall–Kier alpha value is -3.54. The van der Waals surface area contributed by atoms with Gasteiger partial charge in [-0.1, -0.05) is 29.8 Å². The lowest BCUT2D eigenvalue weighted by atomic mass is 9.87. The third kappa shape index (κ3) is 6.90. The second-order valence-electron chi connectivity index (χ2n) is 11.5. The topological polar surface area (TPSA) is 112 Å². The Bertz CT molecular complexity index is 1520. The molecule has 2 heterocycles. The summed E-state index contributed by atoms with van der Waals surface area (Å²) in [5, 5.41) is 7.74. The zero-order valence-electron chi connectivity index (χ0n) is 25.2. The standard InChI is InChI=1S/C32H38ClFN4O6/c1-37-28-7-5-4-6-24(28)30(36-37)31(40)35-27-16-26(34)20(14-25(27)33)15-29(39)38-21(17-42-2)10-11-22(38)18-44-23-12-8-19(9-13-23)32(41)43-3/h4-7,14,16,19,21-23H,8-13,15,17-18H2,1-3H3,(H,35,40)/t19-,21-,22+,23-/m1/s1. The Morgan fingerprint density at radius 2 is 1.73 bits per heavy atom. The summed E-state index contributed by atoms with van der Waals surface area (Å²) in [7, 11) is 4.74. The smallest absolute Gasteiger partial charge is 0.308 e. The molecule has 1 saturated carbocycles. The number of ether oxygens (including phenoxy) is 3. The van der Waals surface area contributed by atoms with E-state index < -0.39 is 11.7 Å². The average Bonchev–Trinajstić information content (AvgIpc) is 3.59. The molecule has 1 aliphatic carbocycles. The summed E-state index contributed by atoms with van der Waals surface area (Å²) in [5.41, 5.74) is 1.20. The lowest BCUT2D eigenvalue weighted by Gasteiger charge is -2.33. The van der Waals surface area contributed by atoms with Crippen LogP contribution in [0.5, 0.6) is 0 Å². The van der Waals surface area contributed by atoms with E-state index in [0.29, 0.717) is 31.4 Å². The van der Waals surface area contributed by atoms with E-state index in [9.17, 15) is 14.4 Å². The van der Waals surface area contributed by atoms with Gasteiger partial charge in [-0.05, 0) is 62.3 Å². The van der Waals surface area contributed by atoms with Crippen LogP contribution in [0.25, 0.3) is 10.9 Å². The molecule has 1 aromatic heterocycles. The number of amides is 2. The van der Waals surface area contributed by atoms with Gasteiger partial charge in [0.1, 0.15) is 5.82 Å². The molecule has 2 fully saturated rings. The maximum absolute atomic E-state index is 15.4. The Morgan fingerprint density at radius 3 is 2.43 bits per heavy atom. The molecule has 0 spiro atoms. The predicted octanol–water partition coefficient (Wildman–Crippen LogP) is 4.92. The summed E-state index contributed by atoms with van der Waals surface area (Å²) in [6, 6.07) is 9.49. The maximum atomic E-state index is 15.4. The number of para-hydroxylation sites is 1. The fraction of sp³-hybridized carbons (Fsp3) is 0.500. The van der Waals surface area contributed by atoms with Gasteiger partial charge in [0, 0.05) is 19.5 Å². The number of aryl methyl sites for hydroxylation is 1. The zero-order valence-corrected chi connectivity index (χ0v) is 25.9. The summed E-state index contributed by atoms with van der Waals surface area (Å²) >= 11 is 6.48. The molecule has 2 amide bonds. The van der Waals surface area contributed by atoms with Gasteiger partial charge < -0.3 is 24.4 Å². The van der Waals surface area contributed by atoms with Crippen LogP contribution in [0.4, 0.5) is 10.1 Å². The zero-order chi connectivity index (χ0) is 31.4. The van der Waals surface area contributed by atoms with Crippen LogP contribution in [0, 0.1) is 11.7 Å². The number of hydrogen-bond donors (Lipinski definition) is 1. The van der Waals surface area contributed by atoms with Gasteiger partial charge in [0.2, 0.25) is 5.91 Å². The molecule has 44 heavy (non-hydrogen) atoms. The van der Waals surface area contributed by atoms with Crippen molar-refractivity contribution in [2.45, 2.75) is 63.1 Å². The first-order valence-corrected chi connectivity index (χ1v) is 15.3. The van der Waals surface area contributed by atoms with Crippen LogP contribution >= 0.6 is 11.6 Å². The number of rotatable bonds is 10. The first kappa shape index (κ1) is 31.9. The molecule has 0 unspecified atom stereocenters. The Kier molecular flexibility index (Phi) is 10.2. The van der Waals surface area contributed by atoms with E-state index >= 15 is 4.39 Å². The summed E-state index contributed by atoms with van der Waals surface area (Å²) in [6.45, 7) is 0.721. The number of nitrogens with zero attached hydrogens (tertiary/aromatic N) is 3. The van der Waals surface area contributed by atoms with Crippen molar-refractivity contribution in [2.24, 2.45) is 13.0 Å². The summed E-state index contributed by atoms with van der Waals surface area (Å²) in [5.74, 6) is -1.69. The van der Waals surface area contributed by atoms with Crippen LogP contribution < -0.4 is 5.32 Å². The minimum absolute atomic E-state index is 0.0115. The van der Waals surface area contributed by atoms with Crippen LogP contribution in [0.3, 0.4) is 0 Å². The van der Waals surface area contributed by atoms with E-state index in [1.54, 1.807) is 29.8 Å². The molecule has 10 nitrogen and oxygen atoms in total. The molecule has 0 bridgehead atoms. The average molecular weight is 629 g/mol. The van der Waals surface area contributed by atoms with Crippen molar-refractivity contribution in [3.8, 4) is 0 Å². The Labute approximate surface area is 260 Å². The van der Waals surface area contributed by atoms with E-state index in [0.717, 1.165) is 37.3 Å². The van der Waals surface area contributed by atoms with Crippen molar-refractivity contribution in [3.63, 3.8) is 0 Å². The van der Waals surface area contributed by atoms with Crippen molar-refractivity contribution in [3.05, 3.63) is 58.5 Å². The van der Waals surface area contributed by atoms with Crippen molar-refractivity contribution in [1.29, 1.82) is 0 Å². The van der Waals surface area contributed by atoms with Crippen LogP contribution in [-0.4, -0.2) is 78.1 Å². The summed E-state index contributed by atoms with van der Waals surface area (Å²) in [6.07, 6.45) is 4.24. The molecule has 1 N–H and O–H groups in total. The normalized spacial score (nSPS) is 21.9. The number of esters is 1. The predicted molar refractivity (Wildman–Crippen MR) is 163 cm³/mol. The minimum atomic E-state index is -0.651. The van der Waals surface area contributed by atoms with Crippen LogP contribution in [-0.2, 0) is 37.3 Å². The van der Waals surface area contributed by atoms with Crippen molar-refractivity contribution >= 4 is 46.0 Å². The maximum Gasteiger partial charge on any atom is 0.308 e. The fourth-order valence-corrected chi connectivity index (χ4v) is 6.64. The summed E-state index contributed by atoms with van der Waals surface area (Å²) in [4.78, 5) is 40.3. The van der Waals surface area contributed by atoms with Crippen LogP contribution in [0.15, 0.2) is 36.4 Å². The van der Waals surface area contributed by atoms with Crippen molar-refractivity contribution in [1.82, 2.24) is 14.7 Å². The van der Waals surface area contributed by atoms with E-state index in [2.05, 4.69) is 10.4 Å². The molecule has 5 rings (SSSR count). The second-order valence-corrected chi connectivity index (χ2v) is 11.9. The van der Waals surface area contributed by atoms with Gasteiger partial charge in [-0.3, -0.25) is 19.1 Å². The molecular weight excluding hydrogens is 591 g/mol. The first-order valence-electron chi connectivity index (χ1n) is 14.9. The third-order valence-corrected chi connectivity index (χ3v) is 9.01. The quantitative estimate of drug-likeness (QED) is 0.317. The number of hydrogen-bond acceptors (Lipinski definition) is 7. The van der Waals surface area contributed by atoms with Gasteiger partial charge in [0.25, 0.3) is 5.91 Å². The number of nitrogens with one attached hydrogen (secondary N) is 1. The third-order valence-electron chi connectivity index (χ3n) is 8.70. The highest BCUT2D eigenvalue weighted by Gasteiger charge is 2.38. The number of likely N-dealkylation sites (tertiary alicyclic amines) is 1. The van der Waals surface area contributed by atoms with E-state index in [4.69, 9.17) is 25.8 Å². The molecule has 12 heteroatoms. The monoisotopic (exact) mass is 628 g/mol.